The minimum atomic E-state index is -0.402. The Labute approximate surface area is 156 Å². The van der Waals surface area contributed by atoms with Crippen LogP contribution in [0.3, 0.4) is 0 Å². The van der Waals surface area contributed by atoms with Crippen LogP contribution in [0.15, 0.2) is 41.6 Å². The molecule has 0 fully saturated rings. The molecule has 8 heteroatoms. The zero-order chi connectivity index (χ0) is 18.9. The summed E-state index contributed by atoms with van der Waals surface area (Å²) in [5, 5.41) is 6.92. The monoisotopic (exact) mass is 378 g/mol. The molecule has 0 aliphatic carbocycles. The topological polar surface area (TPSA) is 78.4 Å². The zero-order valence-corrected chi connectivity index (χ0v) is 15.4. The Morgan fingerprint density at radius 3 is 2.50 bits per heavy atom. The Morgan fingerprint density at radius 1 is 1.08 bits per heavy atom. The molecule has 0 aromatic heterocycles. The Hall–Kier alpha value is -2.93. The van der Waals surface area contributed by atoms with Crippen molar-refractivity contribution in [3.05, 3.63) is 47.0 Å². The molecule has 0 radical (unpaired) electrons. The highest BCUT2D eigenvalue weighted by Gasteiger charge is 2.09. The Morgan fingerprint density at radius 2 is 1.81 bits per heavy atom. The predicted molar refractivity (Wildman–Crippen MR) is 99.7 cm³/mol. The highest BCUT2D eigenvalue weighted by molar-refractivity contribution is 6.31. The average Bonchev–Trinajstić information content (AvgIpc) is 2.65. The first kappa shape index (κ1) is 19.4. The third-order valence-corrected chi connectivity index (χ3v) is 3.57. The van der Waals surface area contributed by atoms with Gasteiger partial charge in [0.15, 0.2) is 6.61 Å². The summed E-state index contributed by atoms with van der Waals surface area (Å²) in [6, 6.07) is 10.2. The van der Waals surface area contributed by atoms with E-state index in [2.05, 4.69) is 10.5 Å². The third-order valence-electron chi connectivity index (χ3n) is 3.33. The van der Waals surface area contributed by atoms with Crippen molar-refractivity contribution in [1.29, 1.82) is 0 Å². The molecule has 138 valence electrons. The second-order valence-electron chi connectivity index (χ2n) is 5.01. The fourth-order valence-electron chi connectivity index (χ4n) is 2.09. The van der Waals surface area contributed by atoms with Crippen LogP contribution in [-0.2, 0) is 9.63 Å². The predicted octanol–water partition coefficient (Wildman–Crippen LogP) is 3.36. The van der Waals surface area contributed by atoms with Gasteiger partial charge in [-0.1, -0.05) is 16.8 Å². The minimum absolute atomic E-state index is 0.279. The SMILES string of the molecule is COc1ccc(OC)c(/C=N\OCC(=O)Nc2cc(Cl)ccc2OC)c1. The summed E-state index contributed by atoms with van der Waals surface area (Å²) in [6.45, 7) is -0.279. The van der Waals surface area contributed by atoms with Crippen molar-refractivity contribution in [1.82, 2.24) is 0 Å². The molecule has 7 nitrogen and oxygen atoms in total. The molecule has 2 rings (SSSR count). The number of nitrogens with one attached hydrogen (secondary N) is 1. The maximum Gasteiger partial charge on any atom is 0.265 e. The zero-order valence-electron chi connectivity index (χ0n) is 14.6. The summed E-state index contributed by atoms with van der Waals surface area (Å²) in [4.78, 5) is 17.0. The fourth-order valence-corrected chi connectivity index (χ4v) is 2.27. The number of rotatable bonds is 8. The van der Waals surface area contributed by atoms with E-state index in [-0.39, 0.29) is 6.61 Å². The van der Waals surface area contributed by atoms with E-state index in [1.165, 1.54) is 13.3 Å². The van der Waals surface area contributed by atoms with Crippen molar-refractivity contribution < 1.29 is 23.8 Å². The molecule has 0 bridgehead atoms. The molecular weight excluding hydrogens is 360 g/mol. The summed E-state index contributed by atoms with van der Waals surface area (Å²) in [5.41, 5.74) is 1.11. The van der Waals surface area contributed by atoms with Crippen LogP contribution in [-0.4, -0.2) is 40.1 Å². The lowest BCUT2D eigenvalue weighted by atomic mass is 10.2. The molecule has 0 atom stereocenters. The van der Waals surface area contributed by atoms with Crippen LogP contribution in [0.5, 0.6) is 17.2 Å². The third kappa shape index (κ3) is 5.29. The number of hydrogen-bond donors (Lipinski definition) is 1. The van der Waals surface area contributed by atoms with E-state index in [4.69, 9.17) is 30.6 Å². The summed E-state index contributed by atoms with van der Waals surface area (Å²) >= 11 is 5.92. The summed E-state index contributed by atoms with van der Waals surface area (Å²) in [5.74, 6) is 1.34. The standard InChI is InChI=1S/C18H19ClN2O5/c1-23-14-5-7-16(24-2)12(8-14)10-20-26-11-18(22)21-15-9-13(19)4-6-17(15)25-3/h4-10H,11H2,1-3H3,(H,21,22)/b20-10-. The lowest BCUT2D eigenvalue weighted by Crippen LogP contribution is -2.17. The van der Waals surface area contributed by atoms with E-state index in [9.17, 15) is 4.79 Å². The number of anilines is 1. The number of ether oxygens (including phenoxy) is 3. The summed E-state index contributed by atoms with van der Waals surface area (Å²) in [7, 11) is 4.61. The first-order valence-electron chi connectivity index (χ1n) is 7.58. The van der Waals surface area contributed by atoms with Gasteiger partial charge >= 0.3 is 0 Å². The first-order valence-corrected chi connectivity index (χ1v) is 7.96. The number of amides is 1. The Balaban J connectivity index is 1.94. The Bertz CT molecular complexity index is 795. The van der Waals surface area contributed by atoms with E-state index in [0.29, 0.717) is 33.5 Å². The summed E-state index contributed by atoms with van der Waals surface area (Å²) < 4.78 is 15.5. The second-order valence-corrected chi connectivity index (χ2v) is 5.45. The van der Waals surface area contributed by atoms with Crippen LogP contribution in [0.2, 0.25) is 5.02 Å². The van der Waals surface area contributed by atoms with Crippen LogP contribution in [0.4, 0.5) is 5.69 Å². The maximum absolute atomic E-state index is 12.0. The molecule has 26 heavy (non-hydrogen) atoms. The molecule has 2 aromatic rings. The van der Waals surface area contributed by atoms with Gasteiger partial charge in [-0.15, -0.1) is 0 Å². The van der Waals surface area contributed by atoms with Gasteiger partial charge in [-0.2, -0.15) is 0 Å². The van der Waals surface area contributed by atoms with Crippen molar-refractivity contribution >= 4 is 29.4 Å². The van der Waals surface area contributed by atoms with E-state index >= 15 is 0 Å². The van der Waals surface area contributed by atoms with Crippen LogP contribution in [0.1, 0.15) is 5.56 Å². The van der Waals surface area contributed by atoms with Crippen LogP contribution >= 0.6 is 11.6 Å². The largest absolute Gasteiger partial charge is 0.497 e. The quantitative estimate of drug-likeness (QED) is 0.563. The molecule has 0 saturated carbocycles. The van der Waals surface area contributed by atoms with Gasteiger partial charge in [0.2, 0.25) is 0 Å². The van der Waals surface area contributed by atoms with Crippen molar-refractivity contribution in [2.75, 3.05) is 33.3 Å². The lowest BCUT2D eigenvalue weighted by Gasteiger charge is -2.10. The van der Waals surface area contributed by atoms with Crippen molar-refractivity contribution in [3.63, 3.8) is 0 Å². The lowest BCUT2D eigenvalue weighted by molar-refractivity contribution is -0.120. The van der Waals surface area contributed by atoms with Gasteiger partial charge in [-0.3, -0.25) is 4.79 Å². The number of carbonyl (C=O) groups excluding carboxylic acids is 1. The molecule has 0 unspecified atom stereocenters. The molecule has 0 aliphatic heterocycles. The van der Waals surface area contributed by atoms with Gasteiger partial charge in [0, 0.05) is 10.6 Å². The molecule has 0 aliphatic rings. The fraction of sp³-hybridized carbons (Fsp3) is 0.222. The molecule has 0 saturated heterocycles. The molecule has 1 amide bonds. The smallest absolute Gasteiger partial charge is 0.265 e. The number of carbonyl (C=O) groups is 1. The molecule has 2 aromatic carbocycles. The van der Waals surface area contributed by atoms with Gasteiger partial charge in [0.05, 0.1) is 33.2 Å². The normalized spacial score (nSPS) is 10.5. The van der Waals surface area contributed by atoms with Crippen molar-refractivity contribution in [3.8, 4) is 17.2 Å². The van der Waals surface area contributed by atoms with E-state index in [1.54, 1.807) is 50.6 Å². The van der Waals surface area contributed by atoms with Gasteiger partial charge in [0.25, 0.3) is 5.91 Å². The molecular formula is C18H19ClN2O5. The highest BCUT2D eigenvalue weighted by atomic mass is 35.5. The van der Waals surface area contributed by atoms with Gasteiger partial charge in [-0.05, 0) is 36.4 Å². The van der Waals surface area contributed by atoms with Crippen molar-refractivity contribution in [2.45, 2.75) is 0 Å². The van der Waals surface area contributed by atoms with Crippen LogP contribution < -0.4 is 19.5 Å². The highest BCUT2D eigenvalue weighted by Crippen LogP contribution is 2.27. The minimum Gasteiger partial charge on any atom is -0.497 e. The van der Waals surface area contributed by atoms with Gasteiger partial charge in [0.1, 0.15) is 17.2 Å². The molecule has 1 N–H and O–H groups in total. The molecule has 0 spiro atoms. The number of halogens is 1. The van der Waals surface area contributed by atoms with Crippen LogP contribution in [0, 0.1) is 0 Å². The summed E-state index contributed by atoms with van der Waals surface area (Å²) in [6.07, 6.45) is 1.44. The van der Waals surface area contributed by atoms with Crippen molar-refractivity contribution in [2.24, 2.45) is 5.16 Å². The first-order chi connectivity index (χ1) is 12.6. The average molecular weight is 379 g/mol. The van der Waals surface area contributed by atoms with E-state index in [0.717, 1.165) is 0 Å². The van der Waals surface area contributed by atoms with E-state index < -0.39 is 5.91 Å². The number of benzene rings is 2. The number of nitrogens with zero attached hydrogens (tertiary/aromatic N) is 1. The maximum atomic E-state index is 12.0. The number of methoxy groups -OCH3 is 3. The second kappa shape index (κ2) is 9.53. The van der Waals surface area contributed by atoms with Gasteiger partial charge in [-0.25, -0.2) is 0 Å². The number of oxime groups is 1. The number of hydrogen-bond acceptors (Lipinski definition) is 6. The molecule has 0 heterocycles. The van der Waals surface area contributed by atoms with E-state index in [1.807, 2.05) is 0 Å². The van der Waals surface area contributed by atoms with Crippen LogP contribution in [0.25, 0.3) is 0 Å². The van der Waals surface area contributed by atoms with Gasteiger partial charge < -0.3 is 24.4 Å². The Kier molecular flexibility index (Phi) is 7.11.